The van der Waals surface area contributed by atoms with E-state index in [-0.39, 0.29) is 91.8 Å². The molecule has 0 bridgehead atoms. The van der Waals surface area contributed by atoms with E-state index in [2.05, 4.69) is 10.6 Å². The molecule has 8 rings (SSSR count). The predicted octanol–water partition coefficient (Wildman–Crippen LogP) is 7.42. The number of aliphatic hydroxyl groups is 1. The van der Waals surface area contributed by atoms with Crippen molar-refractivity contribution in [1.82, 2.24) is 10.2 Å². The lowest BCUT2D eigenvalue weighted by molar-refractivity contribution is -0.137. The molecule has 3 heterocycles. The van der Waals surface area contributed by atoms with Crippen molar-refractivity contribution in [2.45, 2.75) is 50.2 Å². The van der Waals surface area contributed by atoms with Crippen molar-refractivity contribution in [1.29, 1.82) is 0 Å². The molecule has 5 aromatic rings. The van der Waals surface area contributed by atoms with E-state index in [1.807, 2.05) is 0 Å². The molecule has 3 aliphatic rings. The number of hydrogen-bond donors (Lipinski definition) is 7. The molecule has 7 N–H and O–H groups in total. The highest BCUT2D eigenvalue weighted by Crippen LogP contribution is 2.51. The number of phosphoric acid groups is 2. The van der Waals surface area contributed by atoms with E-state index in [0.717, 1.165) is 10.5 Å². The summed E-state index contributed by atoms with van der Waals surface area (Å²) in [5.41, 5.74) is 3.41. The number of amides is 5. The van der Waals surface area contributed by atoms with Crippen LogP contribution in [0, 0.1) is 0 Å². The van der Waals surface area contributed by atoms with Crippen LogP contribution in [0.1, 0.15) is 66.2 Å². The molecule has 0 aromatic heterocycles. The van der Waals surface area contributed by atoms with E-state index in [1.165, 1.54) is 58.4 Å². The van der Waals surface area contributed by atoms with Crippen LogP contribution in [0.2, 0.25) is 0 Å². The van der Waals surface area contributed by atoms with Crippen LogP contribution >= 0.6 is 38.8 Å². The molecule has 0 spiro atoms. The highest BCUT2D eigenvalue weighted by Gasteiger charge is 2.37. The van der Waals surface area contributed by atoms with Crippen LogP contribution in [0.3, 0.4) is 0 Å². The Morgan fingerprint density at radius 2 is 1.22 bits per heavy atom. The quantitative estimate of drug-likeness (QED) is 0.00941. The number of fused-ring (bicyclic) bond motifs is 6. The first-order valence-electron chi connectivity index (χ1n) is 23.4. The van der Waals surface area contributed by atoms with Crippen molar-refractivity contribution in [3.05, 3.63) is 125 Å². The van der Waals surface area contributed by atoms with E-state index in [1.54, 1.807) is 66.7 Å². The molecule has 3 aliphatic heterocycles. The summed E-state index contributed by atoms with van der Waals surface area (Å²) in [7, 11) is -10.00. The van der Waals surface area contributed by atoms with Gasteiger partial charge < -0.3 is 34.6 Å². The van der Waals surface area contributed by atoms with Gasteiger partial charge in [-0.15, -0.1) is 23.2 Å². The van der Waals surface area contributed by atoms with Crippen LogP contribution in [-0.4, -0.2) is 103 Å². The standard InChI is InChI=1S/C51H51Cl2N5O14P2/c52-27-33-29-57(40-25-42(71-73(65,66)67)35-8-3-5-10-37(35)50(33)40)48(63)17-14-31-13-15-32(39(24-31)55-45(60)21-22-54-44(59)12-2-1-7-23-56-46(61)19-20-47(56)62)16-18-49(64)58-30-34(28-53)51-38-11-6-4-9-36(38)43(26-41(51)58)72-74(68,69)70/h3-6,8-11,13-20,24-26,33-34,45,55,60H,1-2,7,12,21-23,27-30H2,(H,54,59)(H2,65,66,67)(H2,68,69,70)/b17-14+,18-16+/t33-,34-,45?/m1/s1. The van der Waals surface area contributed by atoms with E-state index in [0.29, 0.717) is 74.6 Å². The number of halogens is 2. The highest BCUT2D eigenvalue weighted by molar-refractivity contribution is 7.47. The van der Waals surface area contributed by atoms with Gasteiger partial charge in [-0.25, -0.2) is 9.13 Å². The second-order valence-electron chi connectivity index (χ2n) is 17.8. The van der Waals surface area contributed by atoms with Crippen LogP contribution in [0.5, 0.6) is 11.5 Å². The number of rotatable bonds is 21. The molecule has 0 saturated heterocycles. The fourth-order valence-corrected chi connectivity index (χ4v) is 10.7. The van der Waals surface area contributed by atoms with Gasteiger partial charge in [0.05, 0.1) is 11.4 Å². The number of aliphatic hydroxyl groups excluding tert-OH is 1. The maximum Gasteiger partial charge on any atom is 0.524 e. The molecule has 3 atom stereocenters. The van der Waals surface area contributed by atoms with Gasteiger partial charge in [0.25, 0.3) is 23.6 Å². The van der Waals surface area contributed by atoms with Gasteiger partial charge in [0, 0.05) is 116 Å². The second kappa shape index (κ2) is 23.0. The zero-order valence-electron chi connectivity index (χ0n) is 39.4. The minimum absolute atomic E-state index is 0.0500. The van der Waals surface area contributed by atoms with Gasteiger partial charge in [-0.3, -0.25) is 48.4 Å². The molecule has 0 radical (unpaired) electrons. The maximum atomic E-state index is 14.1. The minimum atomic E-state index is -5.00. The number of imide groups is 1. The number of nitrogens with zero attached hydrogens (tertiary/aromatic N) is 3. The Hall–Kier alpha value is -6.37. The Morgan fingerprint density at radius 1 is 0.703 bits per heavy atom. The molecule has 1 unspecified atom stereocenters. The number of hydrogen-bond acceptors (Lipinski definition) is 11. The van der Waals surface area contributed by atoms with Gasteiger partial charge in [-0.05, 0) is 64.1 Å². The van der Waals surface area contributed by atoms with Crippen LogP contribution in [0.4, 0.5) is 17.1 Å². The summed E-state index contributed by atoms with van der Waals surface area (Å²) in [6.07, 6.45) is 8.79. The Balaban J connectivity index is 1.01. The van der Waals surface area contributed by atoms with Crippen molar-refractivity contribution < 1.29 is 66.8 Å². The zero-order chi connectivity index (χ0) is 52.9. The summed E-state index contributed by atoms with van der Waals surface area (Å²) in [5.74, 6) is -2.55. The maximum absolute atomic E-state index is 14.1. The first-order chi connectivity index (χ1) is 35.3. The molecular formula is C51H51Cl2N5O14P2. The van der Waals surface area contributed by atoms with E-state index < -0.39 is 33.7 Å². The number of alkyl halides is 2. The van der Waals surface area contributed by atoms with Gasteiger partial charge in [0.15, 0.2) is 0 Å². The molecule has 0 aliphatic carbocycles. The molecule has 5 amide bonds. The Bertz CT molecular complexity index is 3210. The number of unbranched alkanes of at least 4 members (excludes halogenated alkanes) is 2. The van der Waals surface area contributed by atoms with Gasteiger partial charge in [0.2, 0.25) is 5.91 Å². The first-order valence-corrected chi connectivity index (χ1v) is 27.6. The van der Waals surface area contributed by atoms with Gasteiger partial charge in [-0.2, -0.15) is 0 Å². The van der Waals surface area contributed by atoms with Crippen molar-refractivity contribution in [3.8, 4) is 11.5 Å². The molecule has 23 heteroatoms. The second-order valence-corrected chi connectivity index (χ2v) is 20.7. The number of carbonyl (C=O) groups excluding carboxylic acids is 5. The molecule has 0 fully saturated rings. The summed E-state index contributed by atoms with van der Waals surface area (Å²) >= 11 is 12.9. The lowest BCUT2D eigenvalue weighted by Crippen LogP contribution is -2.31. The lowest BCUT2D eigenvalue weighted by Gasteiger charge is -2.19. The summed E-state index contributed by atoms with van der Waals surface area (Å²) in [6, 6.07) is 21.5. The molecule has 19 nitrogen and oxygen atoms in total. The fraction of sp³-hybridized carbons (Fsp3) is 0.275. The first kappa shape index (κ1) is 53.9. The van der Waals surface area contributed by atoms with E-state index >= 15 is 0 Å². The number of anilines is 3. The largest absolute Gasteiger partial charge is 0.524 e. The van der Waals surface area contributed by atoms with Crippen LogP contribution in [-0.2, 0) is 33.1 Å². The average molecular weight is 1090 g/mol. The average Bonchev–Trinajstić information content (AvgIpc) is 4.03. The van der Waals surface area contributed by atoms with Crippen molar-refractivity contribution in [2.75, 3.05) is 53.1 Å². The fourth-order valence-electron chi connectivity index (χ4n) is 9.43. The molecule has 388 valence electrons. The summed E-state index contributed by atoms with van der Waals surface area (Å²) in [5, 5.41) is 19.2. The molecule has 0 saturated carbocycles. The van der Waals surface area contributed by atoms with E-state index in [9.17, 15) is 57.8 Å². The number of nitrogens with one attached hydrogen (secondary N) is 2. The highest BCUT2D eigenvalue weighted by atomic mass is 35.5. The zero-order valence-corrected chi connectivity index (χ0v) is 42.7. The van der Waals surface area contributed by atoms with Crippen LogP contribution < -0.4 is 29.5 Å². The van der Waals surface area contributed by atoms with E-state index in [4.69, 9.17) is 32.2 Å². The summed E-state index contributed by atoms with van der Waals surface area (Å²) in [4.78, 5) is 107. The normalized spacial score (nSPS) is 17.0. The van der Waals surface area contributed by atoms with Crippen LogP contribution in [0.25, 0.3) is 33.7 Å². The molecular weight excluding hydrogens is 1040 g/mol. The number of benzene rings is 5. The Morgan fingerprint density at radius 3 is 1.73 bits per heavy atom. The third-order valence-corrected chi connectivity index (χ3v) is 14.4. The topological polar surface area (TPSA) is 273 Å². The predicted molar refractivity (Wildman–Crippen MR) is 281 cm³/mol. The summed E-state index contributed by atoms with van der Waals surface area (Å²) in [6.45, 7) is 0.668. The lowest BCUT2D eigenvalue weighted by atomic mass is 9.95. The van der Waals surface area contributed by atoms with Gasteiger partial charge >= 0.3 is 15.6 Å². The third-order valence-electron chi connectivity index (χ3n) is 12.7. The van der Waals surface area contributed by atoms with Crippen LogP contribution in [0.15, 0.2) is 103 Å². The van der Waals surface area contributed by atoms with Crippen molar-refractivity contribution in [3.63, 3.8) is 0 Å². The number of phosphoric ester groups is 2. The number of carbonyl (C=O) groups is 5. The summed E-state index contributed by atoms with van der Waals surface area (Å²) < 4.78 is 34.1. The third kappa shape index (κ3) is 12.6. The Labute approximate surface area is 434 Å². The van der Waals surface area contributed by atoms with Gasteiger partial charge in [0.1, 0.15) is 17.7 Å². The molecule has 5 aromatic carbocycles. The van der Waals surface area contributed by atoms with Crippen molar-refractivity contribution in [2.24, 2.45) is 0 Å². The minimum Gasteiger partial charge on any atom is -0.404 e. The van der Waals surface area contributed by atoms with Gasteiger partial charge in [-0.1, -0.05) is 67.1 Å². The SMILES string of the molecule is O=C(CCCCCN1C(=O)C=CC1=O)NCCC(O)Nc1cc(/C=C/C(=O)N2C[C@@H](CCl)c3c2cc(OP(=O)(O)O)c2ccccc32)ccc1/C=C/C(=O)N1C[C@@H](CCl)c2c1cc(OP(=O)(O)O)c1ccccc21. The Kier molecular flexibility index (Phi) is 16.8. The molecule has 74 heavy (non-hydrogen) atoms. The smallest absolute Gasteiger partial charge is 0.404 e. The van der Waals surface area contributed by atoms with Crippen molar-refractivity contribution >= 4 is 119 Å². The monoisotopic (exact) mass is 1090 g/mol.